The topological polar surface area (TPSA) is 18.5 Å². The van der Waals surface area contributed by atoms with Crippen LogP contribution in [0.5, 0.6) is 0 Å². The van der Waals surface area contributed by atoms with Gasteiger partial charge >= 0.3 is 8.56 Å². The first-order valence-corrected chi connectivity index (χ1v) is 15.5. The quantitative estimate of drug-likeness (QED) is 0.386. The molecular weight excluding hydrogens is 372 g/mol. The number of hydrogen-bond donors (Lipinski definition) is 0. The van der Waals surface area contributed by atoms with Gasteiger partial charge in [-0.05, 0) is 63.2 Å². The van der Waals surface area contributed by atoms with Gasteiger partial charge in [-0.3, -0.25) is 0 Å². The molecule has 0 atom stereocenters. The second-order valence-corrected chi connectivity index (χ2v) is 14.7. The van der Waals surface area contributed by atoms with E-state index in [1.165, 1.54) is 128 Å². The molecule has 0 spiro atoms. The van der Waals surface area contributed by atoms with E-state index in [1.54, 1.807) is 0 Å². The van der Waals surface area contributed by atoms with Gasteiger partial charge in [0.2, 0.25) is 0 Å². The Hall–Kier alpha value is 0.137. The van der Waals surface area contributed by atoms with Crippen LogP contribution in [0, 0.1) is 11.8 Å². The molecule has 0 saturated heterocycles. The van der Waals surface area contributed by atoms with Crippen molar-refractivity contribution in [2.24, 2.45) is 11.8 Å². The van der Waals surface area contributed by atoms with Gasteiger partial charge in [0.05, 0.1) is 6.10 Å². The minimum Gasteiger partial charge on any atom is -0.397 e. The Bertz CT molecular complexity index is 421. The molecule has 4 saturated carbocycles. The Morgan fingerprint density at radius 2 is 0.862 bits per heavy atom. The first kappa shape index (κ1) is 22.3. The highest BCUT2D eigenvalue weighted by atomic mass is 28.4. The molecule has 0 aromatic rings. The van der Waals surface area contributed by atoms with Crippen molar-refractivity contribution in [3.63, 3.8) is 0 Å². The van der Waals surface area contributed by atoms with Crippen molar-refractivity contribution in [2.45, 2.75) is 146 Å². The van der Waals surface area contributed by atoms with E-state index in [4.69, 9.17) is 8.85 Å². The normalized spacial score (nSPS) is 27.5. The molecule has 3 heteroatoms. The molecule has 0 heterocycles. The first-order valence-electron chi connectivity index (χ1n) is 13.6. The summed E-state index contributed by atoms with van der Waals surface area (Å²) in [5, 5.41) is 0. The van der Waals surface area contributed by atoms with Gasteiger partial charge in [-0.15, -0.1) is 0 Å². The van der Waals surface area contributed by atoms with Crippen LogP contribution >= 0.6 is 0 Å². The highest BCUT2D eigenvalue weighted by Gasteiger charge is 2.54. The Morgan fingerprint density at radius 3 is 1.21 bits per heavy atom. The molecular formula is C26H48O2Si. The van der Waals surface area contributed by atoms with Crippen molar-refractivity contribution in [3.8, 4) is 0 Å². The second kappa shape index (κ2) is 11.1. The molecule has 4 rings (SSSR count). The average molecular weight is 421 g/mol. The fourth-order valence-electron chi connectivity index (χ4n) is 7.63. The summed E-state index contributed by atoms with van der Waals surface area (Å²) in [5.41, 5.74) is 1.53. The molecule has 0 aliphatic heterocycles. The van der Waals surface area contributed by atoms with E-state index < -0.39 is 8.56 Å². The van der Waals surface area contributed by atoms with Crippen molar-refractivity contribution in [1.29, 1.82) is 0 Å². The largest absolute Gasteiger partial charge is 0.397 e. The summed E-state index contributed by atoms with van der Waals surface area (Å²) >= 11 is 0. The molecule has 0 amide bonds. The molecule has 0 aromatic heterocycles. The molecule has 4 aliphatic rings. The zero-order chi connectivity index (χ0) is 19.9. The van der Waals surface area contributed by atoms with Gasteiger partial charge in [0.1, 0.15) is 0 Å². The third kappa shape index (κ3) is 5.31. The Balaban J connectivity index is 1.60. The van der Waals surface area contributed by atoms with Crippen LogP contribution in [0.3, 0.4) is 0 Å². The SMILES string of the molecule is CO[Si](OC(C1CCCCC1)C1CCCCC1)(C1CCCCC1)C1CCCCC1. The van der Waals surface area contributed by atoms with Crippen molar-refractivity contribution in [3.05, 3.63) is 0 Å². The fraction of sp³-hybridized carbons (Fsp3) is 1.00. The fourth-order valence-corrected chi connectivity index (χ4v) is 12.7. The molecule has 0 unspecified atom stereocenters. The van der Waals surface area contributed by atoms with Crippen LogP contribution in [-0.4, -0.2) is 21.8 Å². The summed E-state index contributed by atoms with van der Waals surface area (Å²) < 4.78 is 14.4. The molecule has 4 aliphatic carbocycles. The molecule has 0 aromatic carbocycles. The summed E-state index contributed by atoms with van der Waals surface area (Å²) in [7, 11) is -0.135. The highest BCUT2D eigenvalue weighted by Crippen LogP contribution is 2.51. The van der Waals surface area contributed by atoms with E-state index in [-0.39, 0.29) is 0 Å². The maximum atomic E-state index is 7.66. The van der Waals surface area contributed by atoms with Crippen LogP contribution in [0.4, 0.5) is 0 Å². The zero-order valence-electron chi connectivity index (χ0n) is 19.3. The van der Waals surface area contributed by atoms with Gasteiger partial charge in [0.25, 0.3) is 0 Å². The maximum Gasteiger partial charge on any atom is 0.344 e. The minimum atomic E-state index is -2.20. The number of hydrogen-bond acceptors (Lipinski definition) is 2. The van der Waals surface area contributed by atoms with E-state index in [2.05, 4.69) is 7.11 Å². The Labute approximate surface area is 182 Å². The summed E-state index contributed by atoms with van der Waals surface area (Å²) in [6.07, 6.45) is 28.9. The predicted molar refractivity (Wildman–Crippen MR) is 124 cm³/mol. The van der Waals surface area contributed by atoms with Crippen LogP contribution in [-0.2, 0) is 8.85 Å². The summed E-state index contributed by atoms with van der Waals surface area (Å²) in [4.78, 5) is 0. The van der Waals surface area contributed by atoms with Crippen molar-refractivity contribution >= 4 is 8.56 Å². The highest BCUT2D eigenvalue weighted by molar-refractivity contribution is 6.70. The lowest BCUT2D eigenvalue weighted by Gasteiger charge is -2.49. The molecule has 168 valence electrons. The Kier molecular flexibility index (Phi) is 8.58. The van der Waals surface area contributed by atoms with Crippen molar-refractivity contribution < 1.29 is 8.85 Å². The lowest BCUT2D eigenvalue weighted by Crippen LogP contribution is -2.56. The molecule has 0 bridgehead atoms. The molecule has 2 nitrogen and oxygen atoms in total. The lowest BCUT2D eigenvalue weighted by atomic mass is 9.75. The third-order valence-corrected chi connectivity index (χ3v) is 13.9. The molecule has 0 radical (unpaired) electrons. The van der Waals surface area contributed by atoms with E-state index in [0.717, 1.165) is 22.9 Å². The van der Waals surface area contributed by atoms with Crippen LogP contribution in [0.15, 0.2) is 0 Å². The molecule has 0 N–H and O–H groups in total. The lowest BCUT2D eigenvalue weighted by molar-refractivity contribution is -0.000735. The Morgan fingerprint density at radius 1 is 0.517 bits per heavy atom. The van der Waals surface area contributed by atoms with Crippen molar-refractivity contribution in [2.75, 3.05) is 7.11 Å². The first-order chi connectivity index (χ1) is 14.3. The van der Waals surface area contributed by atoms with Crippen molar-refractivity contribution in [1.82, 2.24) is 0 Å². The standard InChI is InChI=1S/C26H48O2Si/c1-27-29(24-18-10-4-11-19-24,25-20-12-5-13-21-25)28-26(22-14-6-2-7-15-22)23-16-8-3-9-17-23/h22-26H,2-21H2,1H3. The summed E-state index contributed by atoms with van der Waals surface area (Å²) in [5.74, 6) is 1.64. The van der Waals surface area contributed by atoms with E-state index in [0.29, 0.717) is 6.10 Å². The van der Waals surface area contributed by atoms with Gasteiger partial charge in [-0.2, -0.15) is 0 Å². The predicted octanol–water partition coefficient (Wildman–Crippen LogP) is 8.29. The van der Waals surface area contributed by atoms with Crippen LogP contribution in [0.25, 0.3) is 0 Å². The second-order valence-electron chi connectivity index (χ2n) is 11.0. The zero-order valence-corrected chi connectivity index (χ0v) is 20.3. The van der Waals surface area contributed by atoms with Crippen LogP contribution in [0.1, 0.15) is 128 Å². The van der Waals surface area contributed by atoms with Crippen LogP contribution in [0.2, 0.25) is 11.1 Å². The van der Waals surface area contributed by atoms with Gasteiger partial charge in [-0.1, -0.05) is 77.0 Å². The average Bonchev–Trinajstić information content (AvgIpc) is 2.82. The van der Waals surface area contributed by atoms with E-state index in [1.807, 2.05) is 0 Å². The number of rotatable bonds is 7. The van der Waals surface area contributed by atoms with Gasteiger partial charge in [0, 0.05) is 18.2 Å². The monoisotopic (exact) mass is 420 g/mol. The van der Waals surface area contributed by atoms with E-state index >= 15 is 0 Å². The summed E-state index contributed by atoms with van der Waals surface area (Å²) in [6.45, 7) is 0. The van der Waals surface area contributed by atoms with E-state index in [9.17, 15) is 0 Å². The van der Waals surface area contributed by atoms with Gasteiger partial charge in [0.15, 0.2) is 0 Å². The maximum absolute atomic E-state index is 7.66. The van der Waals surface area contributed by atoms with Crippen LogP contribution < -0.4 is 0 Å². The van der Waals surface area contributed by atoms with Gasteiger partial charge in [-0.25, -0.2) is 0 Å². The van der Waals surface area contributed by atoms with Gasteiger partial charge < -0.3 is 8.85 Å². The molecule has 29 heavy (non-hydrogen) atoms. The minimum absolute atomic E-state index is 0.520. The third-order valence-electron chi connectivity index (χ3n) is 9.22. The molecule has 4 fully saturated rings. The summed E-state index contributed by atoms with van der Waals surface area (Å²) in [6, 6.07) is 0. The smallest absolute Gasteiger partial charge is 0.344 e.